The van der Waals surface area contributed by atoms with Crippen molar-refractivity contribution in [1.82, 2.24) is 5.32 Å². The van der Waals surface area contributed by atoms with Crippen molar-refractivity contribution in [2.24, 2.45) is 0 Å². The summed E-state index contributed by atoms with van der Waals surface area (Å²) in [5.41, 5.74) is 1.61. The van der Waals surface area contributed by atoms with Crippen LogP contribution in [0, 0.1) is 5.82 Å². The van der Waals surface area contributed by atoms with Gasteiger partial charge in [0.15, 0.2) is 0 Å². The minimum Gasteiger partial charge on any atom is -0.306 e. The Morgan fingerprint density at radius 3 is 2.53 bits per heavy atom. The molecule has 102 valence electrons. The van der Waals surface area contributed by atoms with Crippen molar-refractivity contribution in [3.8, 4) is 0 Å². The number of hydrogen-bond donors (Lipinski definition) is 1. The molecule has 2 rings (SSSR count). The molecule has 1 atom stereocenters. The summed E-state index contributed by atoms with van der Waals surface area (Å²) >= 11 is 19.1. The fourth-order valence-electron chi connectivity index (χ4n) is 1.85. The van der Waals surface area contributed by atoms with Crippen molar-refractivity contribution < 1.29 is 4.39 Å². The lowest BCUT2D eigenvalue weighted by atomic mass is 10.0. The Morgan fingerprint density at radius 2 is 2.00 bits per heavy atom. The highest BCUT2D eigenvalue weighted by Crippen LogP contribution is 2.37. The molecule has 1 unspecified atom stereocenters. The third kappa shape index (κ3) is 3.41. The zero-order valence-corrected chi connectivity index (χ0v) is 13.1. The van der Waals surface area contributed by atoms with Crippen molar-refractivity contribution in [3.05, 3.63) is 54.9 Å². The molecular weight excluding hydrogens is 328 g/mol. The van der Waals surface area contributed by atoms with Gasteiger partial charge in [-0.15, -0.1) is 11.3 Å². The second-order valence-corrected chi connectivity index (χ2v) is 6.64. The minimum absolute atomic E-state index is 0.105. The first kappa shape index (κ1) is 15.1. The van der Waals surface area contributed by atoms with Crippen LogP contribution in [0.3, 0.4) is 0 Å². The van der Waals surface area contributed by atoms with E-state index < -0.39 is 5.82 Å². The number of hydrogen-bond acceptors (Lipinski definition) is 2. The summed E-state index contributed by atoms with van der Waals surface area (Å²) in [6.45, 7) is 2.69. The van der Waals surface area contributed by atoms with Gasteiger partial charge >= 0.3 is 0 Å². The van der Waals surface area contributed by atoms with Crippen LogP contribution < -0.4 is 5.32 Å². The molecule has 0 amide bonds. The smallest absolute Gasteiger partial charge is 0.142 e. The van der Waals surface area contributed by atoms with E-state index in [4.69, 9.17) is 34.8 Å². The Morgan fingerprint density at radius 1 is 1.26 bits per heavy atom. The monoisotopic (exact) mass is 337 g/mol. The van der Waals surface area contributed by atoms with Gasteiger partial charge in [0, 0.05) is 5.56 Å². The number of nitrogens with one attached hydrogen (secondary N) is 1. The molecule has 1 nitrogen and oxygen atoms in total. The average molecular weight is 339 g/mol. The van der Waals surface area contributed by atoms with Crippen molar-refractivity contribution >= 4 is 46.1 Å². The van der Waals surface area contributed by atoms with Crippen LogP contribution in [-0.2, 0) is 0 Å². The molecule has 0 aliphatic rings. The lowest BCUT2D eigenvalue weighted by Crippen LogP contribution is -2.21. The summed E-state index contributed by atoms with van der Waals surface area (Å²) in [6, 6.07) is 6.33. The largest absolute Gasteiger partial charge is 0.306 e. The van der Waals surface area contributed by atoms with Gasteiger partial charge in [-0.1, -0.05) is 47.8 Å². The van der Waals surface area contributed by atoms with Crippen LogP contribution in [0.4, 0.5) is 4.39 Å². The second-order valence-electron chi connectivity index (χ2n) is 3.94. The predicted octanol–water partition coefficient (Wildman–Crippen LogP) is 5.55. The van der Waals surface area contributed by atoms with Crippen LogP contribution >= 0.6 is 46.1 Å². The summed E-state index contributed by atoms with van der Waals surface area (Å²) in [7, 11) is 0. The molecule has 1 aromatic heterocycles. The molecule has 0 saturated carbocycles. The van der Waals surface area contributed by atoms with Crippen molar-refractivity contribution in [2.75, 3.05) is 6.54 Å². The van der Waals surface area contributed by atoms with Gasteiger partial charge in [0.2, 0.25) is 0 Å². The van der Waals surface area contributed by atoms with Crippen LogP contribution in [0.25, 0.3) is 0 Å². The van der Waals surface area contributed by atoms with Gasteiger partial charge in [0.1, 0.15) is 5.82 Å². The van der Waals surface area contributed by atoms with Gasteiger partial charge in [-0.25, -0.2) is 4.39 Å². The quantitative estimate of drug-likeness (QED) is 0.771. The molecule has 0 fully saturated rings. The first-order chi connectivity index (χ1) is 9.02. The minimum atomic E-state index is -0.445. The predicted molar refractivity (Wildman–Crippen MR) is 81.3 cm³/mol. The van der Waals surface area contributed by atoms with E-state index in [2.05, 4.69) is 5.32 Å². The molecule has 1 aromatic carbocycles. The Balaban J connectivity index is 2.44. The highest BCUT2D eigenvalue weighted by molar-refractivity contribution is 7.20. The Bertz CT molecular complexity index is 585. The highest BCUT2D eigenvalue weighted by atomic mass is 35.5. The van der Waals surface area contributed by atoms with E-state index in [1.165, 1.54) is 17.4 Å². The molecule has 0 saturated heterocycles. The average Bonchev–Trinajstić information content (AvgIpc) is 2.69. The molecular formula is C13H11Cl3FNS. The summed E-state index contributed by atoms with van der Waals surface area (Å²) < 4.78 is 14.8. The van der Waals surface area contributed by atoms with Crippen molar-refractivity contribution in [1.29, 1.82) is 0 Å². The Labute approximate surface area is 130 Å². The first-order valence-corrected chi connectivity index (χ1v) is 7.61. The van der Waals surface area contributed by atoms with Gasteiger partial charge in [0.05, 0.1) is 19.7 Å². The molecule has 0 bridgehead atoms. The summed E-state index contributed by atoms with van der Waals surface area (Å²) in [5.74, 6) is -0.445. The number of halogens is 4. The van der Waals surface area contributed by atoms with Crippen molar-refractivity contribution in [3.63, 3.8) is 0 Å². The number of benzene rings is 1. The van der Waals surface area contributed by atoms with Crippen LogP contribution in [0.5, 0.6) is 0 Å². The lowest BCUT2D eigenvalue weighted by Gasteiger charge is -2.18. The van der Waals surface area contributed by atoms with E-state index >= 15 is 0 Å². The van der Waals surface area contributed by atoms with Gasteiger partial charge in [-0.3, -0.25) is 0 Å². The standard InChI is InChI=1S/C13H11Cl3FNS/c1-2-18-12(8-6-11(15)19-13(8)16)7-3-4-9(14)10(17)5-7/h3-6,12,18H,2H2,1H3. The zero-order valence-electron chi connectivity index (χ0n) is 10.0. The third-order valence-corrected chi connectivity index (χ3v) is 4.50. The van der Waals surface area contributed by atoms with E-state index in [0.29, 0.717) is 8.67 Å². The molecule has 2 aromatic rings. The Hall–Kier alpha value is -0.320. The van der Waals surface area contributed by atoms with E-state index in [1.807, 2.05) is 6.92 Å². The Kier molecular flexibility index (Phi) is 5.09. The van der Waals surface area contributed by atoms with E-state index in [1.54, 1.807) is 18.2 Å². The van der Waals surface area contributed by atoms with Gasteiger partial charge < -0.3 is 5.32 Å². The molecule has 0 radical (unpaired) electrons. The molecule has 6 heteroatoms. The fourth-order valence-corrected chi connectivity index (χ4v) is 3.50. The van der Waals surface area contributed by atoms with Crippen LogP contribution in [0.2, 0.25) is 13.7 Å². The first-order valence-electron chi connectivity index (χ1n) is 5.66. The molecule has 0 aliphatic heterocycles. The summed E-state index contributed by atoms with van der Waals surface area (Å²) in [5, 5.41) is 3.37. The summed E-state index contributed by atoms with van der Waals surface area (Å²) in [4.78, 5) is 0. The molecule has 0 spiro atoms. The fraction of sp³-hybridized carbons (Fsp3) is 0.231. The summed E-state index contributed by atoms with van der Waals surface area (Å²) in [6.07, 6.45) is 0. The molecule has 19 heavy (non-hydrogen) atoms. The second kappa shape index (κ2) is 6.42. The SMILES string of the molecule is CCNC(c1ccc(Cl)c(F)c1)c1cc(Cl)sc1Cl. The van der Waals surface area contributed by atoms with Crippen LogP contribution in [-0.4, -0.2) is 6.54 Å². The lowest BCUT2D eigenvalue weighted by molar-refractivity contribution is 0.604. The highest BCUT2D eigenvalue weighted by Gasteiger charge is 2.19. The van der Waals surface area contributed by atoms with Gasteiger partial charge in [-0.05, 0) is 30.3 Å². The maximum atomic E-state index is 13.6. The van der Waals surface area contributed by atoms with E-state index in [9.17, 15) is 4.39 Å². The van der Waals surface area contributed by atoms with Crippen LogP contribution in [0.15, 0.2) is 24.3 Å². The maximum Gasteiger partial charge on any atom is 0.142 e. The van der Waals surface area contributed by atoms with Gasteiger partial charge in [-0.2, -0.15) is 0 Å². The number of thiophene rings is 1. The molecule has 0 aliphatic carbocycles. The maximum absolute atomic E-state index is 13.6. The molecule has 1 N–H and O–H groups in total. The van der Waals surface area contributed by atoms with Gasteiger partial charge in [0.25, 0.3) is 0 Å². The van der Waals surface area contributed by atoms with E-state index in [-0.39, 0.29) is 11.1 Å². The van der Waals surface area contributed by atoms with E-state index in [0.717, 1.165) is 17.7 Å². The van der Waals surface area contributed by atoms with Crippen LogP contribution in [0.1, 0.15) is 24.1 Å². The zero-order chi connectivity index (χ0) is 14.0. The van der Waals surface area contributed by atoms with Crippen molar-refractivity contribution in [2.45, 2.75) is 13.0 Å². The topological polar surface area (TPSA) is 12.0 Å². The molecule has 1 heterocycles. The number of rotatable bonds is 4. The third-order valence-electron chi connectivity index (χ3n) is 2.68. The normalized spacial score (nSPS) is 12.7.